The highest BCUT2D eigenvalue weighted by Crippen LogP contribution is 2.31. The predicted octanol–water partition coefficient (Wildman–Crippen LogP) is 4.32. The number of nitrogens with two attached hydrogens (primary N) is 1. The van der Waals surface area contributed by atoms with Gasteiger partial charge in [0.15, 0.2) is 0 Å². The Morgan fingerprint density at radius 2 is 1.86 bits per heavy atom. The summed E-state index contributed by atoms with van der Waals surface area (Å²) in [6.07, 6.45) is 1.87. The molecule has 4 rings (SSSR count). The van der Waals surface area contributed by atoms with E-state index in [1.54, 1.807) is 48.5 Å². The molecule has 1 saturated heterocycles. The number of rotatable bonds is 10. The van der Waals surface area contributed by atoms with Gasteiger partial charge in [-0.05, 0) is 48.2 Å². The van der Waals surface area contributed by atoms with E-state index >= 15 is 4.39 Å². The van der Waals surface area contributed by atoms with Crippen molar-refractivity contribution in [3.8, 4) is 22.6 Å². The third kappa shape index (κ3) is 7.27. The number of aliphatic hydroxyl groups excluding tert-OH is 1. The van der Waals surface area contributed by atoms with Crippen LogP contribution in [0.15, 0.2) is 60.7 Å². The first-order chi connectivity index (χ1) is 17.5. The number of ether oxygens (including phenoxy) is 3. The lowest BCUT2D eigenvalue weighted by Gasteiger charge is -2.16. The fraction of sp³-hybridized carbons (Fsp3) is 0.321. The van der Waals surface area contributed by atoms with E-state index in [1.165, 1.54) is 0 Å². The minimum Gasteiger partial charge on any atom is -0.491 e. The molecule has 1 atom stereocenters. The molecule has 1 heterocycles. The fourth-order valence-electron chi connectivity index (χ4n) is 4.02. The lowest BCUT2D eigenvalue weighted by Crippen LogP contribution is -2.16. The monoisotopic (exact) mass is 497 g/mol. The maximum absolute atomic E-state index is 15.1. The highest BCUT2D eigenvalue weighted by Gasteiger charge is 2.17. The van der Waals surface area contributed by atoms with E-state index in [2.05, 4.69) is 0 Å². The van der Waals surface area contributed by atoms with E-state index in [4.69, 9.17) is 30.2 Å². The zero-order chi connectivity index (χ0) is 25.9. The second-order valence-electron chi connectivity index (χ2n) is 8.26. The summed E-state index contributed by atoms with van der Waals surface area (Å²) in [5.74, 6) is -0.213. The zero-order valence-electron chi connectivity index (χ0n) is 20.3. The largest absolute Gasteiger partial charge is 0.491 e. The van der Waals surface area contributed by atoms with Crippen LogP contribution in [-0.2, 0) is 29.1 Å². The maximum Gasteiger partial charge on any atom is 0.307 e. The van der Waals surface area contributed by atoms with Gasteiger partial charge >= 0.3 is 5.97 Å². The molecule has 0 spiro atoms. The molecule has 0 radical (unpaired) electrons. The van der Waals surface area contributed by atoms with Crippen molar-refractivity contribution in [2.24, 2.45) is 5.73 Å². The highest BCUT2D eigenvalue weighted by molar-refractivity contribution is 5.71. The van der Waals surface area contributed by atoms with Crippen molar-refractivity contribution >= 4 is 5.97 Å². The molecule has 3 aromatic rings. The van der Waals surface area contributed by atoms with E-state index in [-0.39, 0.29) is 31.5 Å². The van der Waals surface area contributed by atoms with Gasteiger partial charge in [0.25, 0.3) is 0 Å². The summed E-state index contributed by atoms with van der Waals surface area (Å²) >= 11 is 0. The Morgan fingerprint density at radius 3 is 2.58 bits per heavy atom. The Bertz CT molecular complexity index is 1150. The van der Waals surface area contributed by atoms with Gasteiger partial charge in [0.1, 0.15) is 30.5 Å². The van der Waals surface area contributed by atoms with Crippen LogP contribution in [0, 0.1) is 5.82 Å². The quantitative estimate of drug-likeness (QED) is 0.382. The summed E-state index contributed by atoms with van der Waals surface area (Å²) in [5.41, 5.74) is 8.56. The number of carboxylic acid groups (broad SMARTS) is 1. The van der Waals surface area contributed by atoms with Crippen molar-refractivity contribution < 1.29 is 33.6 Å². The van der Waals surface area contributed by atoms with Gasteiger partial charge < -0.3 is 30.2 Å². The van der Waals surface area contributed by atoms with E-state index in [0.717, 1.165) is 32.1 Å². The molecule has 192 valence electrons. The zero-order valence-corrected chi connectivity index (χ0v) is 20.3. The number of para-hydroxylation sites is 1. The smallest absolute Gasteiger partial charge is 0.307 e. The Labute approximate surface area is 210 Å². The lowest BCUT2D eigenvalue weighted by atomic mass is 9.99. The molecule has 0 bridgehead atoms. The van der Waals surface area contributed by atoms with Gasteiger partial charge in [-0.3, -0.25) is 4.79 Å². The van der Waals surface area contributed by atoms with Gasteiger partial charge in [-0.1, -0.05) is 36.4 Å². The molecule has 36 heavy (non-hydrogen) atoms. The number of benzene rings is 3. The first-order valence-corrected chi connectivity index (χ1v) is 11.8. The third-order valence-electron chi connectivity index (χ3n) is 5.74. The van der Waals surface area contributed by atoms with Crippen LogP contribution in [0.4, 0.5) is 4.39 Å². The molecule has 8 heteroatoms. The van der Waals surface area contributed by atoms with Crippen LogP contribution < -0.4 is 15.2 Å². The van der Waals surface area contributed by atoms with E-state index in [1.807, 2.05) is 12.1 Å². The Kier molecular flexibility index (Phi) is 10.2. The van der Waals surface area contributed by atoms with Crippen molar-refractivity contribution in [1.29, 1.82) is 0 Å². The van der Waals surface area contributed by atoms with Gasteiger partial charge in [0, 0.05) is 37.0 Å². The van der Waals surface area contributed by atoms with Crippen LogP contribution in [0.1, 0.15) is 29.5 Å². The number of carbonyl (C=O) groups is 1. The predicted molar refractivity (Wildman–Crippen MR) is 134 cm³/mol. The Morgan fingerprint density at radius 1 is 1.08 bits per heavy atom. The van der Waals surface area contributed by atoms with E-state index < -0.39 is 5.97 Å². The van der Waals surface area contributed by atoms with Crippen molar-refractivity contribution in [2.75, 3.05) is 20.3 Å². The first-order valence-electron chi connectivity index (χ1n) is 11.8. The average molecular weight is 498 g/mol. The van der Waals surface area contributed by atoms with Crippen LogP contribution >= 0.6 is 0 Å². The van der Waals surface area contributed by atoms with Gasteiger partial charge in [0.05, 0.1) is 12.5 Å². The number of carboxylic acids is 1. The molecule has 1 aliphatic rings. The topological polar surface area (TPSA) is 111 Å². The molecule has 0 saturated carbocycles. The summed E-state index contributed by atoms with van der Waals surface area (Å²) in [6, 6.07) is 17.7. The summed E-state index contributed by atoms with van der Waals surface area (Å²) in [6.45, 7) is 1.42. The van der Waals surface area contributed by atoms with Crippen LogP contribution in [-0.4, -0.2) is 42.6 Å². The summed E-state index contributed by atoms with van der Waals surface area (Å²) in [4.78, 5) is 11.2. The number of hydrogen-bond donors (Lipinski definition) is 3. The normalized spacial score (nSPS) is 14.6. The molecule has 1 fully saturated rings. The third-order valence-corrected chi connectivity index (χ3v) is 5.74. The van der Waals surface area contributed by atoms with E-state index in [0.29, 0.717) is 40.4 Å². The minimum atomic E-state index is -0.932. The standard InChI is InChI=1S/C27H28FNO5.CH4O/c28-27-20(15-29)6-3-8-24(27)21-11-18(12-23(13-21)33-17-22-7-4-10-32-22)16-34-25-9-2-1-5-19(25)14-26(30)31;1-2/h1-3,5-6,8-9,11-13,22H,4,7,10,14-17,29H2,(H,30,31);2H,1H3. The molecule has 1 unspecified atom stereocenters. The van der Waals surface area contributed by atoms with Crippen LogP contribution in [0.5, 0.6) is 11.5 Å². The number of halogens is 1. The number of hydrogen-bond acceptors (Lipinski definition) is 6. The molecular formula is C28H32FNO6. The van der Waals surface area contributed by atoms with Crippen LogP contribution in [0.25, 0.3) is 11.1 Å². The second kappa shape index (κ2) is 13.6. The summed E-state index contributed by atoms with van der Waals surface area (Å²) < 4.78 is 32.7. The lowest BCUT2D eigenvalue weighted by molar-refractivity contribution is -0.136. The summed E-state index contributed by atoms with van der Waals surface area (Å²) in [7, 11) is 1.00. The molecule has 1 aliphatic heterocycles. The molecule has 0 aromatic heterocycles. The van der Waals surface area contributed by atoms with Gasteiger partial charge in [-0.15, -0.1) is 0 Å². The summed E-state index contributed by atoms with van der Waals surface area (Å²) in [5, 5.41) is 16.2. The molecule has 4 N–H and O–H groups in total. The average Bonchev–Trinajstić information content (AvgIpc) is 3.42. The number of aliphatic hydroxyl groups is 1. The molecule has 0 aliphatic carbocycles. The van der Waals surface area contributed by atoms with Crippen molar-refractivity contribution in [2.45, 2.75) is 38.5 Å². The van der Waals surface area contributed by atoms with Crippen LogP contribution in [0.2, 0.25) is 0 Å². The highest BCUT2D eigenvalue weighted by atomic mass is 19.1. The first kappa shape index (κ1) is 27.1. The van der Waals surface area contributed by atoms with Crippen molar-refractivity contribution in [3.63, 3.8) is 0 Å². The van der Waals surface area contributed by atoms with Gasteiger partial charge in [0.2, 0.25) is 0 Å². The van der Waals surface area contributed by atoms with Crippen LogP contribution in [0.3, 0.4) is 0 Å². The molecular weight excluding hydrogens is 465 g/mol. The Balaban J connectivity index is 0.00000176. The minimum absolute atomic E-state index is 0.0450. The van der Waals surface area contributed by atoms with E-state index in [9.17, 15) is 4.79 Å². The Hall–Kier alpha value is -3.46. The molecule has 7 nitrogen and oxygen atoms in total. The molecule has 3 aromatic carbocycles. The van der Waals surface area contributed by atoms with Gasteiger partial charge in [-0.2, -0.15) is 0 Å². The SMILES string of the molecule is CO.NCc1cccc(-c2cc(COc3ccccc3CC(=O)O)cc(OCC3CCCO3)c2)c1F. The maximum atomic E-state index is 15.1. The van der Waals surface area contributed by atoms with Crippen molar-refractivity contribution in [1.82, 2.24) is 0 Å². The number of aliphatic carboxylic acids is 1. The fourth-order valence-corrected chi connectivity index (χ4v) is 4.02. The van der Waals surface area contributed by atoms with Crippen molar-refractivity contribution in [3.05, 3.63) is 83.2 Å². The van der Waals surface area contributed by atoms with Gasteiger partial charge in [-0.25, -0.2) is 4.39 Å². The second-order valence-corrected chi connectivity index (χ2v) is 8.26. The molecule has 0 amide bonds.